The molecule has 3 aromatic rings. The van der Waals surface area contributed by atoms with E-state index in [-0.39, 0.29) is 0 Å². The predicted octanol–water partition coefficient (Wildman–Crippen LogP) is 4.46. The molecule has 0 N–H and O–H groups in total. The van der Waals surface area contributed by atoms with Gasteiger partial charge in [0.15, 0.2) is 0 Å². The van der Waals surface area contributed by atoms with Crippen LogP contribution < -0.4 is 0 Å². The van der Waals surface area contributed by atoms with Crippen LogP contribution in [0.4, 0.5) is 0 Å². The second-order valence-electron chi connectivity index (χ2n) is 4.90. The first-order chi connectivity index (χ1) is 8.68. The summed E-state index contributed by atoms with van der Waals surface area (Å²) in [5, 5.41) is 1.33. The first-order valence-electron chi connectivity index (χ1n) is 6.29. The lowest BCUT2D eigenvalue weighted by molar-refractivity contribution is 0.919. The summed E-state index contributed by atoms with van der Waals surface area (Å²) < 4.78 is 2.27. The van der Waals surface area contributed by atoms with E-state index in [1.807, 2.05) is 0 Å². The van der Waals surface area contributed by atoms with E-state index in [4.69, 9.17) is 0 Å². The van der Waals surface area contributed by atoms with Gasteiger partial charge in [-0.05, 0) is 25.5 Å². The van der Waals surface area contributed by atoms with Crippen molar-refractivity contribution in [2.75, 3.05) is 0 Å². The fourth-order valence-corrected chi connectivity index (χ4v) is 2.61. The monoisotopic (exact) mass is 235 g/mol. The summed E-state index contributed by atoms with van der Waals surface area (Å²) in [4.78, 5) is 0. The zero-order valence-electron chi connectivity index (χ0n) is 11.1. The number of rotatable bonds is 1. The van der Waals surface area contributed by atoms with Crippen LogP contribution >= 0.6 is 0 Å². The predicted molar refractivity (Wildman–Crippen MR) is 77.8 cm³/mol. The normalized spacial score (nSPS) is 11.1. The van der Waals surface area contributed by atoms with E-state index >= 15 is 0 Å². The van der Waals surface area contributed by atoms with E-state index < -0.39 is 0 Å². The Morgan fingerprint density at radius 3 is 2.22 bits per heavy atom. The highest BCUT2D eigenvalue weighted by Gasteiger charge is 2.12. The van der Waals surface area contributed by atoms with Crippen LogP contribution in [0.1, 0.15) is 11.3 Å². The number of benzene rings is 2. The molecular formula is C17H17N. The van der Waals surface area contributed by atoms with E-state index in [0.717, 1.165) is 0 Å². The fourth-order valence-electron chi connectivity index (χ4n) is 2.61. The van der Waals surface area contributed by atoms with Crippen molar-refractivity contribution >= 4 is 10.9 Å². The third kappa shape index (κ3) is 1.55. The minimum Gasteiger partial charge on any atom is -0.347 e. The topological polar surface area (TPSA) is 4.93 Å². The highest BCUT2D eigenvalue weighted by atomic mass is 14.9. The highest BCUT2D eigenvalue weighted by Crippen LogP contribution is 2.33. The molecule has 18 heavy (non-hydrogen) atoms. The molecule has 0 amide bonds. The number of para-hydroxylation sites is 1. The van der Waals surface area contributed by atoms with E-state index in [1.165, 1.54) is 33.3 Å². The molecule has 1 nitrogen and oxygen atoms in total. The first kappa shape index (κ1) is 11.1. The number of hydrogen-bond donors (Lipinski definition) is 0. The Morgan fingerprint density at radius 1 is 0.833 bits per heavy atom. The van der Waals surface area contributed by atoms with Crippen molar-refractivity contribution in [3.05, 3.63) is 59.8 Å². The molecule has 1 heterocycles. The van der Waals surface area contributed by atoms with E-state index in [9.17, 15) is 0 Å². The molecule has 0 aliphatic rings. The molecule has 0 saturated heterocycles. The van der Waals surface area contributed by atoms with Gasteiger partial charge in [0, 0.05) is 29.2 Å². The summed E-state index contributed by atoms with van der Waals surface area (Å²) >= 11 is 0. The lowest BCUT2D eigenvalue weighted by atomic mass is 10.0. The van der Waals surface area contributed by atoms with Gasteiger partial charge in [0.25, 0.3) is 0 Å². The number of aromatic nitrogens is 1. The molecule has 90 valence electrons. The van der Waals surface area contributed by atoms with E-state index in [0.29, 0.717) is 0 Å². The summed E-state index contributed by atoms with van der Waals surface area (Å²) in [6, 6.07) is 17.4. The van der Waals surface area contributed by atoms with Crippen LogP contribution in [0.5, 0.6) is 0 Å². The number of nitrogens with zero attached hydrogens (tertiary/aromatic N) is 1. The number of hydrogen-bond acceptors (Lipinski definition) is 0. The zero-order valence-corrected chi connectivity index (χ0v) is 11.1. The van der Waals surface area contributed by atoms with Crippen molar-refractivity contribution in [3.63, 3.8) is 0 Å². The zero-order chi connectivity index (χ0) is 12.7. The van der Waals surface area contributed by atoms with Crippen LogP contribution in [0.2, 0.25) is 0 Å². The van der Waals surface area contributed by atoms with Gasteiger partial charge in [0.1, 0.15) is 0 Å². The minimum absolute atomic E-state index is 1.30. The maximum absolute atomic E-state index is 2.27. The molecule has 1 heteroatoms. The van der Waals surface area contributed by atoms with Crippen LogP contribution in [0.25, 0.3) is 22.0 Å². The minimum atomic E-state index is 1.30. The van der Waals surface area contributed by atoms with Crippen molar-refractivity contribution in [3.8, 4) is 11.1 Å². The average Bonchev–Trinajstić information content (AvgIpc) is 2.64. The maximum Gasteiger partial charge on any atom is 0.0486 e. The molecular weight excluding hydrogens is 218 g/mol. The van der Waals surface area contributed by atoms with Gasteiger partial charge in [-0.25, -0.2) is 0 Å². The molecule has 0 aliphatic carbocycles. The smallest absolute Gasteiger partial charge is 0.0486 e. The standard InChI is InChI=1S/C17H17N/c1-12-8-10-14(11-9-12)17-13(2)18(3)16-7-5-4-6-15(16)17/h4-11H,1-3H3. The van der Waals surface area contributed by atoms with Gasteiger partial charge in [-0.3, -0.25) is 0 Å². The van der Waals surface area contributed by atoms with Gasteiger partial charge in [0.2, 0.25) is 0 Å². The summed E-state index contributed by atoms with van der Waals surface area (Å²) in [5.74, 6) is 0. The second kappa shape index (κ2) is 4.02. The largest absolute Gasteiger partial charge is 0.347 e. The van der Waals surface area contributed by atoms with Crippen molar-refractivity contribution < 1.29 is 0 Å². The van der Waals surface area contributed by atoms with Crippen LogP contribution in [-0.4, -0.2) is 4.57 Å². The number of fused-ring (bicyclic) bond motifs is 1. The molecule has 2 aromatic carbocycles. The van der Waals surface area contributed by atoms with Crippen molar-refractivity contribution in [2.45, 2.75) is 13.8 Å². The average molecular weight is 235 g/mol. The van der Waals surface area contributed by atoms with Gasteiger partial charge in [-0.15, -0.1) is 0 Å². The van der Waals surface area contributed by atoms with Crippen molar-refractivity contribution in [1.29, 1.82) is 0 Å². The van der Waals surface area contributed by atoms with E-state index in [2.05, 4.69) is 74.0 Å². The molecule has 0 bridgehead atoms. The van der Waals surface area contributed by atoms with Crippen molar-refractivity contribution in [1.82, 2.24) is 4.57 Å². The molecule has 0 atom stereocenters. The Morgan fingerprint density at radius 2 is 1.50 bits per heavy atom. The molecule has 0 unspecified atom stereocenters. The Kier molecular flexibility index (Phi) is 2.48. The number of aryl methyl sites for hydroxylation is 2. The molecule has 0 aliphatic heterocycles. The molecule has 0 spiro atoms. The van der Waals surface area contributed by atoms with Crippen LogP contribution in [0, 0.1) is 13.8 Å². The molecule has 3 rings (SSSR count). The van der Waals surface area contributed by atoms with Crippen molar-refractivity contribution in [2.24, 2.45) is 7.05 Å². The van der Waals surface area contributed by atoms with Gasteiger partial charge in [-0.2, -0.15) is 0 Å². The second-order valence-corrected chi connectivity index (χ2v) is 4.90. The van der Waals surface area contributed by atoms with Crippen LogP contribution in [0.15, 0.2) is 48.5 Å². The summed E-state index contributed by atoms with van der Waals surface area (Å²) in [6.45, 7) is 4.31. The summed E-state index contributed by atoms with van der Waals surface area (Å²) in [7, 11) is 2.13. The van der Waals surface area contributed by atoms with Gasteiger partial charge in [-0.1, -0.05) is 48.0 Å². The maximum atomic E-state index is 2.27. The first-order valence-corrected chi connectivity index (χ1v) is 6.29. The molecule has 1 aromatic heterocycles. The Hall–Kier alpha value is -2.02. The van der Waals surface area contributed by atoms with Gasteiger partial charge < -0.3 is 4.57 Å². The van der Waals surface area contributed by atoms with Crippen LogP contribution in [-0.2, 0) is 7.05 Å². The molecule has 0 saturated carbocycles. The Bertz CT molecular complexity index is 702. The highest BCUT2D eigenvalue weighted by molar-refractivity contribution is 5.98. The SMILES string of the molecule is Cc1ccc(-c2c(C)n(C)c3ccccc23)cc1. The van der Waals surface area contributed by atoms with Gasteiger partial charge in [0.05, 0.1) is 0 Å². The molecule has 0 fully saturated rings. The summed E-state index contributed by atoms with van der Waals surface area (Å²) in [5.41, 5.74) is 6.57. The Labute approximate surface area is 108 Å². The van der Waals surface area contributed by atoms with Gasteiger partial charge >= 0.3 is 0 Å². The fraction of sp³-hybridized carbons (Fsp3) is 0.176. The Balaban J connectivity index is 2.35. The van der Waals surface area contributed by atoms with E-state index in [1.54, 1.807) is 0 Å². The lowest BCUT2D eigenvalue weighted by Crippen LogP contribution is -1.90. The molecule has 0 radical (unpaired) electrons. The third-order valence-electron chi connectivity index (χ3n) is 3.74. The third-order valence-corrected chi connectivity index (χ3v) is 3.74. The quantitative estimate of drug-likeness (QED) is 0.586. The van der Waals surface area contributed by atoms with Crippen LogP contribution in [0.3, 0.4) is 0 Å². The summed E-state index contributed by atoms with van der Waals surface area (Å²) in [6.07, 6.45) is 0. The lowest BCUT2D eigenvalue weighted by Gasteiger charge is -2.03.